The molecule has 1 heterocycles. The van der Waals surface area contributed by atoms with E-state index in [1.165, 1.54) is 0 Å². The quantitative estimate of drug-likeness (QED) is 0.621. The first kappa shape index (κ1) is 13.4. The Labute approximate surface area is 105 Å². The van der Waals surface area contributed by atoms with Gasteiger partial charge in [-0.05, 0) is 22.0 Å². The maximum absolute atomic E-state index is 8.84. The highest BCUT2D eigenvalue weighted by molar-refractivity contribution is 9.10. The smallest absolute Gasteiger partial charge is 0.142 e. The van der Waals surface area contributed by atoms with Gasteiger partial charge in [0.2, 0.25) is 0 Å². The highest BCUT2D eigenvalue weighted by Gasteiger charge is 2.12. The van der Waals surface area contributed by atoms with E-state index in [2.05, 4.69) is 46.7 Å². The van der Waals surface area contributed by atoms with Gasteiger partial charge in [0, 0.05) is 20.7 Å². The van der Waals surface area contributed by atoms with Crippen LogP contribution in [0.25, 0.3) is 0 Å². The molecule has 0 amide bonds. The van der Waals surface area contributed by atoms with Gasteiger partial charge in [-0.2, -0.15) is 10.4 Å². The minimum atomic E-state index is -1.04. The van der Waals surface area contributed by atoms with E-state index < -0.39 is 8.07 Å². The first-order valence-electron chi connectivity index (χ1n) is 5.13. The van der Waals surface area contributed by atoms with E-state index >= 15 is 0 Å². The molecule has 16 heavy (non-hydrogen) atoms. The van der Waals surface area contributed by atoms with Crippen LogP contribution in [0.4, 0.5) is 0 Å². The predicted molar refractivity (Wildman–Crippen MR) is 68.7 cm³/mol. The van der Waals surface area contributed by atoms with Crippen molar-refractivity contribution in [2.45, 2.75) is 32.4 Å². The Morgan fingerprint density at radius 3 is 2.81 bits per heavy atom. The predicted octanol–water partition coefficient (Wildman–Crippen LogP) is 2.83. The van der Waals surface area contributed by atoms with Crippen LogP contribution in [-0.4, -0.2) is 24.5 Å². The van der Waals surface area contributed by atoms with Crippen LogP contribution in [0.3, 0.4) is 0 Å². The van der Waals surface area contributed by atoms with Gasteiger partial charge < -0.3 is 4.74 Å². The highest BCUT2D eigenvalue weighted by atomic mass is 79.9. The lowest BCUT2D eigenvalue weighted by Crippen LogP contribution is -2.22. The van der Waals surface area contributed by atoms with Gasteiger partial charge in [-0.15, -0.1) is 0 Å². The van der Waals surface area contributed by atoms with Gasteiger partial charge in [0.25, 0.3) is 0 Å². The van der Waals surface area contributed by atoms with E-state index in [0.29, 0.717) is 17.0 Å². The van der Waals surface area contributed by atoms with Gasteiger partial charge in [0.1, 0.15) is 23.1 Å². The summed E-state index contributed by atoms with van der Waals surface area (Å²) in [6.45, 7) is 8.00. The summed E-state index contributed by atoms with van der Waals surface area (Å²) in [4.78, 5) is 0. The molecule has 0 unspecified atom stereocenters. The second-order valence-corrected chi connectivity index (χ2v) is 11.2. The Kier molecular flexibility index (Phi) is 4.71. The van der Waals surface area contributed by atoms with Crippen molar-refractivity contribution in [1.82, 2.24) is 9.78 Å². The minimum Gasteiger partial charge on any atom is -0.359 e. The van der Waals surface area contributed by atoms with Crippen LogP contribution in [0.2, 0.25) is 25.7 Å². The van der Waals surface area contributed by atoms with Crippen LogP contribution >= 0.6 is 15.9 Å². The van der Waals surface area contributed by atoms with Crippen LogP contribution in [0.15, 0.2) is 10.7 Å². The lowest BCUT2D eigenvalue weighted by atomic mass is 10.5. The fraction of sp³-hybridized carbons (Fsp3) is 0.600. The molecule has 0 saturated carbocycles. The molecule has 0 N–H and O–H groups in total. The minimum absolute atomic E-state index is 0.346. The maximum Gasteiger partial charge on any atom is 0.142 e. The SMILES string of the molecule is C[Si](C)(C)CCOCn1nc(Br)cc1C#N. The summed E-state index contributed by atoms with van der Waals surface area (Å²) in [6, 6.07) is 4.88. The third-order valence-electron chi connectivity index (χ3n) is 2.07. The molecule has 4 nitrogen and oxygen atoms in total. The van der Waals surface area contributed by atoms with Crippen molar-refractivity contribution in [3.05, 3.63) is 16.4 Å². The Morgan fingerprint density at radius 1 is 1.56 bits per heavy atom. The molecule has 1 rings (SSSR count). The van der Waals surface area contributed by atoms with Crippen molar-refractivity contribution in [2.24, 2.45) is 0 Å². The fourth-order valence-corrected chi connectivity index (χ4v) is 2.27. The van der Waals surface area contributed by atoms with Crippen LogP contribution in [0, 0.1) is 11.3 Å². The zero-order valence-electron chi connectivity index (χ0n) is 9.83. The molecular formula is C10H16BrN3OSi. The Bertz CT molecular complexity index is 392. The second-order valence-electron chi connectivity index (χ2n) is 4.81. The number of nitriles is 1. The van der Waals surface area contributed by atoms with Gasteiger partial charge in [0.15, 0.2) is 0 Å². The fourth-order valence-electron chi connectivity index (χ4n) is 1.10. The van der Waals surface area contributed by atoms with E-state index in [9.17, 15) is 0 Å². The van der Waals surface area contributed by atoms with Gasteiger partial charge in [0.05, 0.1) is 0 Å². The molecule has 0 radical (unpaired) electrons. The molecule has 0 saturated heterocycles. The molecule has 0 fully saturated rings. The summed E-state index contributed by atoms with van der Waals surface area (Å²) < 4.78 is 7.74. The molecule has 6 heteroatoms. The van der Waals surface area contributed by atoms with E-state index in [-0.39, 0.29) is 0 Å². The Balaban J connectivity index is 2.41. The number of hydrogen-bond donors (Lipinski definition) is 0. The van der Waals surface area contributed by atoms with Crippen molar-refractivity contribution in [3.63, 3.8) is 0 Å². The molecule has 88 valence electrons. The molecule has 0 aliphatic heterocycles. The van der Waals surface area contributed by atoms with E-state index in [1.54, 1.807) is 10.7 Å². The third kappa shape index (κ3) is 4.47. The standard InChI is InChI=1S/C10H16BrN3OSi/c1-16(2,3)5-4-15-8-14-9(7-12)6-10(11)13-14/h6H,4-5,8H2,1-3H3. The molecule has 0 bridgehead atoms. The normalized spacial score (nSPS) is 11.4. The summed E-state index contributed by atoms with van der Waals surface area (Å²) >= 11 is 3.23. The molecule has 0 aliphatic rings. The van der Waals surface area contributed by atoms with E-state index in [0.717, 1.165) is 12.7 Å². The number of halogens is 1. The third-order valence-corrected chi connectivity index (χ3v) is 4.17. The zero-order valence-corrected chi connectivity index (χ0v) is 12.4. The number of aromatic nitrogens is 2. The highest BCUT2D eigenvalue weighted by Crippen LogP contribution is 2.11. The van der Waals surface area contributed by atoms with Crippen molar-refractivity contribution in [2.75, 3.05) is 6.61 Å². The Hall–Kier alpha value is -0.643. The van der Waals surface area contributed by atoms with Crippen LogP contribution < -0.4 is 0 Å². The first-order valence-corrected chi connectivity index (χ1v) is 9.63. The largest absolute Gasteiger partial charge is 0.359 e. The average molecular weight is 302 g/mol. The van der Waals surface area contributed by atoms with Crippen LogP contribution in [-0.2, 0) is 11.5 Å². The summed E-state index contributed by atoms with van der Waals surface area (Å²) in [5, 5.41) is 12.9. The van der Waals surface area contributed by atoms with Gasteiger partial charge in [-0.25, -0.2) is 4.68 Å². The number of ether oxygens (including phenoxy) is 1. The molecular weight excluding hydrogens is 286 g/mol. The van der Waals surface area contributed by atoms with Gasteiger partial charge in [-0.1, -0.05) is 19.6 Å². The monoisotopic (exact) mass is 301 g/mol. The van der Waals surface area contributed by atoms with Gasteiger partial charge >= 0.3 is 0 Å². The molecule has 0 atom stereocenters. The maximum atomic E-state index is 8.84. The first-order chi connectivity index (χ1) is 7.42. The lowest BCUT2D eigenvalue weighted by Gasteiger charge is -2.15. The Morgan fingerprint density at radius 2 is 2.25 bits per heavy atom. The van der Waals surface area contributed by atoms with Gasteiger partial charge in [-0.3, -0.25) is 0 Å². The summed E-state index contributed by atoms with van der Waals surface area (Å²) in [7, 11) is -1.04. The lowest BCUT2D eigenvalue weighted by molar-refractivity contribution is 0.0777. The number of hydrogen-bond acceptors (Lipinski definition) is 3. The van der Waals surface area contributed by atoms with Crippen molar-refractivity contribution >= 4 is 24.0 Å². The van der Waals surface area contributed by atoms with Crippen LogP contribution in [0.5, 0.6) is 0 Å². The molecule has 1 aromatic rings. The van der Waals surface area contributed by atoms with Crippen molar-refractivity contribution < 1.29 is 4.74 Å². The number of nitrogens with zero attached hydrogens (tertiary/aromatic N) is 3. The topological polar surface area (TPSA) is 50.8 Å². The molecule has 1 aromatic heterocycles. The van der Waals surface area contributed by atoms with Crippen LogP contribution in [0.1, 0.15) is 5.69 Å². The summed E-state index contributed by atoms with van der Waals surface area (Å²) in [5.41, 5.74) is 0.514. The number of rotatable bonds is 5. The summed E-state index contributed by atoms with van der Waals surface area (Å²) in [6.07, 6.45) is 0. The summed E-state index contributed by atoms with van der Waals surface area (Å²) in [5.74, 6) is 0. The molecule has 0 aliphatic carbocycles. The van der Waals surface area contributed by atoms with Crippen molar-refractivity contribution in [3.8, 4) is 6.07 Å². The average Bonchev–Trinajstić information content (AvgIpc) is 2.52. The van der Waals surface area contributed by atoms with E-state index in [4.69, 9.17) is 10.00 Å². The second kappa shape index (κ2) is 5.62. The molecule has 0 spiro atoms. The van der Waals surface area contributed by atoms with E-state index in [1.807, 2.05) is 0 Å². The molecule has 0 aromatic carbocycles. The van der Waals surface area contributed by atoms with Crippen molar-refractivity contribution in [1.29, 1.82) is 5.26 Å². The zero-order chi connectivity index (χ0) is 12.2.